The van der Waals surface area contributed by atoms with Crippen LogP contribution < -0.4 is 0 Å². The fraction of sp³-hybridized carbons (Fsp3) is 0.471. The SMILES string of the molecule is CCCCCN1C=CN(C)C1.O=C(OCO)c1ccccc1. The average Bonchev–Trinajstić information content (AvgIpc) is 2.95. The highest BCUT2D eigenvalue weighted by Gasteiger charge is 2.06. The van der Waals surface area contributed by atoms with Crippen molar-refractivity contribution in [3.8, 4) is 0 Å². The molecule has 1 heterocycles. The summed E-state index contributed by atoms with van der Waals surface area (Å²) in [7, 11) is 2.11. The Morgan fingerprint density at radius 2 is 1.95 bits per heavy atom. The zero-order chi connectivity index (χ0) is 16.2. The van der Waals surface area contributed by atoms with Gasteiger partial charge >= 0.3 is 5.97 Å². The van der Waals surface area contributed by atoms with Crippen LogP contribution in [0.5, 0.6) is 0 Å². The molecule has 0 radical (unpaired) electrons. The minimum atomic E-state index is -0.576. The van der Waals surface area contributed by atoms with Crippen molar-refractivity contribution in [2.45, 2.75) is 26.2 Å². The maximum Gasteiger partial charge on any atom is 0.340 e. The van der Waals surface area contributed by atoms with E-state index in [1.54, 1.807) is 30.3 Å². The summed E-state index contributed by atoms with van der Waals surface area (Å²) in [6, 6.07) is 8.51. The van der Waals surface area contributed by atoms with E-state index in [0.29, 0.717) is 5.56 Å². The predicted octanol–water partition coefficient (Wildman–Crippen LogP) is 2.65. The average molecular weight is 306 g/mol. The van der Waals surface area contributed by atoms with Gasteiger partial charge in [-0.05, 0) is 18.6 Å². The third-order valence-electron chi connectivity index (χ3n) is 3.19. The summed E-state index contributed by atoms with van der Waals surface area (Å²) >= 11 is 0. The molecule has 0 atom stereocenters. The first-order valence-electron chi connectivity index (χ1n) is 7.63. The zero-order valence-electron chi connectivity index (χ0n) is 13.4. The lowest BCUT2D eigenvalue weighted by Gasteiger charge is -2.17. The molecule has 1 aliphatic rings. The van der Waals surface area contributed by atoms with Gasteiger partial charge in [-0.3, -0.25) is 0 Å². The van der Waals surface area contributed by atoms with Crippen LogP contribution in [-0.4, -0.2) is 47.9 Å². The molecule has 0 aliphatic carbocycles. The molecule has 1 aliphatic heterocycles. The number of benzene rings is 1. The highest BCUT2D eigenvalue weighted by atomic mass is 16.6. The fourth-order valence-corrected chi connectivity index (χ4v) is 2.02. The van der Waals surface area contributed by atoms with Gasteiger partial charge in [0.1, 0.15) is 0 Å². The molecule has 0 aromatic heterocycles. The van der Waals surface area contributed by atoms with Gasteiger partial charge in [-0.1, -0.05) is 38.0 Å². The molecule has 1 aromatic carbocycles. The van der Waals surface area contributed by atoms with Crippen molar-refractivity contribution >= 4 is 5.97 Å². The summed E-state index contributed by atoms with van der Waals surface area (Å²) in [5.41, 5.74) is 0.446. The number of nitrogens with zero attached hydrogens (tertiary/aromatic N) is 2. The molecule has 1 N–H and O–H groups in total. The number of ether oxygens (including phenoxy) is 1. The van der Waals surface area contributed by atoms with Crippen LogP contribution in [-0.2, 0) is 4.74 Å². The van der Waals surface area contributed by atoms with Gasteiger partial charge in [0.25, 0.3) is 0 Å². The van der Waals surface area contributed by atoms with Crippen molar-refractivity contribution in [1.82, 2.24) is 9.80 Å². The van der Waals surface area contributed by atoms with Crippen LogP contribution in [0.1, 0.15) is 36.5 Å². The Hall–Kier alpha value is -2.01. The molecule has 0 bridgehead atoms. The van der Waals surface area contributed by atoms with Crippen LogP contribution >= 0.6 is 0 Å². The standard InChI is InChI=1S/C9H18N2.C8H8O3/c1-3-4-5-6-11-8-7-10(2)9-11;9-6-11-8(10)7-4-2-1-3-5-7/h7-8H,3-6,9H2,1-2H3;1-5,9H,6H2. The predicted molar refractivity (Wildman–Crippen MR) is 86.9 cm³/mol. The van der Waals surface area contributed by atoms with E-state index < -0.39 is 12.8 Å². The molecule has 0 fully saturated rings. The van der Waals surface area contributed by atoms with Gasteiger partial charge in [0.2, 0.25) is 0 Å². The minimum absolute atomic E-state index is 0.446. The number of carbonyl (C=O) groups excluding carboxylic acids is 1. The molecular weight excluding hydrogens is 280 g/mol. The fourth-order valence-electron chi connectivity index (χ4n) is 2.02. The van der Waals surface area contributed by atoms with Gasteiger partial charge < -0.3 is 19.6 Å². The van der Waals surface area contributed by atoms with Gasteiger partial charge in [-0.15, -0.1) is 0 Å². The lowest BCUT2D eigenvalue weighted by molar-refractivity contribution is 0.00684. The van der Waals surface area contributed by atoms with Crippen LogP contribution in [0.25, 0.3) is 0 Å². The van der Waals surface area contributed by atoms with Gasteiger partial charge in [0, 0.05) is 26.0 Å². The summed E-state index contributed by atoms with van der Waals surface area (Å²) in [5, 5.41) is 8.25. The van der Waals surface area contributed by atoms with Crippen LogP contribution in [0, 0.1) is 0 Å². The van der Waals surface area contributed by atoms with Gasteiger partial charge in [-0.25, -0.2) is 4.79 Å². The van der Waals surface area contributed by atoms with Crippen molar-refractivity contribution in [3.05, 3.63) is 48.3 Å². The van der Waals surface area contributed by atoms with Crippen LogP contribution in [0.4, 0.5) is 0 Å². The van der Waals surface area contributed by atoms with Gasteiger partial charge in [0.05, 0.1) is 12.2 Å². The molecule has 22 heavy (non-hydrogen) atoms. The van der Waals surface area contributed by atoms with Crippen LogP contribution in [0.3, 0.4) is 0 Å². The topological polar surface area (TPSA) is 53.0 Å². The molecule has 0 saturated carbocycles. The number of unbranched alkanes of at least 4 members (excludes halogenated alkanes) is 2. The third kappa shape index (κ3) is 7.13. The minimum Gasteiger partial charge on any atom is -0.435 e. The lowest BCUT2D eigenvalue weighted by Crippen LogP contribution is -2.23. The molecule has 0 unspecified atom stereocenters. The normalized spacial score (nSPS) is 12.9. The second kappa shape index (κ2) is 10.7. The Labute approximate surface area is 132 Å². The molecule has 5 heteroatoms. The number of rotatable bonds is 6. The first kappa shape index (κ1) is 18.0. The van der Waals surface area contributed by atoms with E-state index in [4.69, 9.17) is 5.11 Å². The largest absolute Gasteiger partial charge is 0.435 e. The summed E-state index contributed by atoms with van der Waals surface area (Å²) in [4.78, 5) is 15.4. The van der Waals surface area contributed by atoms with E-state index >= 15 is 0 Å². The Morgan fingerprint density at radius 3 is 2.50 bits per heavy atom. The van der Waals surface area contributed by atoms with Crippen molar-refractivity contribution in [1.29, 1.82) is 0 Å². The molecule has 2 rings (SSSR count). The number of hydrogen-bond acceptors (Lipinski definition) is 5. The molecule has 1 aromatic rings. The number of aliphatic hydroxyl groups is 1. The Bertz CT molecular complexity index is 448. The zero-order valence-corrected chi connectivity index (χ0v) is 13.4. The summed E-state index contributed by atoms with van der Waals surface area (Å²) in [6.45, 7) is 3.96. The Kier molecular flexibility index (Phi) is 8.76. The quantitative estimate of drug-likeness (QED) is 0.497. The van der Waals surface area contributed by atoms with E-state index in [1.165, 1.54) is 25.8 Å². The van der Waals surface area contributed by atoms with Crippen molar-refractivity contribution < 1.29 is 14.6 Å². The first-order chi connectivity index (χ1) is 10.7. The summed E-state index contributed by atoms with van der Waals surface area (Å²) < 4.78 is 4.34. The maximum absolute atomic E-state index is 10.9. The first-order valence-corrected chi connectivity index (χ1v) is 7.63. The van der Waals surface area contributed by atoms with E-state index in [2.05, 4.69) is 40.9 Å². The second-order valence-corrected chi connectivity index (χ2v) is 5.14. The number of hydrogen-bond donors (Lipinski definition) is 1. The van der Waals surface area contributed by atoms with Crippen molar-refractivity contribution in [2.75, 3.05) is 27.1 Å². The highest BCUT2D eigenvalue weighted by Crippen LogP contribution is 2.05. The molecule has 0 saturated heterocycles. The molecule has 122 valence electrons. The monoisotopic (exact) mass is 306 g/mol. The number of aliphatic hydroxyl groups excluding tert-OH is 1. The molecule has 5 nitrogen and oxygen atoms in total. The van der Waals surface area contributed by atoms with Gasteiger partial charge in [-0.2, -0.15) is 0 Å². The summed E-state index contributed by atoms with van der Waals surface area (Å²) in [6.07, 6.45) is 8.30. The van der Waals surface area contributed by atoms with E-state index in [0.717, 1.165) is 6.67 Å². The van der Waals surface area contributed by atoms with Gasteiger partial charge in [0.15, 0.2) is 6.79 Å². The third-order valence-corrected chi connectivity index (χ3v) is 3.19. The molecule has 0 spiro atoms. The Morgan fingerprint density at radius 1 is 1.23 bits per heavy atom. The smallest absolute Gasteiger partial charge is 0.340 e. The van der Waals surface area contributed by atoms with E-state index in [-0.39, 0.29) is 0 Å². The van der Waals surface area contributed by atoms with Crippen LogP contribution in [0.2, 0.25) is 0 Å². The maximum atomic E-state index is 10.9. The number of esters is 1. The van der Waals surface area contributed by atoms with E-state index in [1.807, 2.05) is 0 Å². The molecule has 0 amide bonds. The van der Waals surface area contributed by atoms with Crippen LogP contribution in [0.15, 0.2) is 42.7 Å². The Balaban J connectivity index is 0.000000220. The lowest BCUT2D eigenvalue weighted by atomic mass is 10.2. The van der Waals surface area contributed by atoms with Crippen molar-refractivity contribution in [3.63, 3.8) is 0 Å². The summed E-state index contributed by atoms with van der Waals surface area (Å²) in [5.74, 6) is -0.506. The number of carbonyl (C=O) groups is 1. The highest BCUT2D eigenvalue weighted by molar-refractivity contribution is 5.89. The molecular formula is C17H26N2O3. The second-order valence-electron chi connectivity index (χ2n) is 5.14. The van der Waals surface area contributed by atoms with Crippen molar-refractivity contribution in [2.24, 2.45) is 0 Å². The van der Waals surface area contributed by atoms with E-state index in [9.17, 15) is 4.79 Å².